The summed E-state index contributed by atoms with van der Waals surface area (Å²) in [5, 5.41) is 0. The van der Waals surface area contributed by atoms with Crippen LogP contribution in [-0.2, 0) is 16.0 Å². The Morgan fingerprint density at radius 1 is 1.17 bits per heavy atom. The van der Waals surface area contributed by atoms with E-state index in [0.29, 0.717) is 12.0 Å². The summed E-state index contributed by atoms with van der Waals surface area (Å²) in [4.78, 5) is 25.4. The normalized spacial score (nSPS) is 17.3. The molecule has 1 heterocycles. The summed E-state index contributed by atoms with van der Waals surface area (Å²) in [6.07, 6.45) is 2.76. The van der Waals surface area contributed by atoms with Crippen LogP contribution >= 0.6 is 0 Å². The molecule has 4 nitrogen and oxygen atoms in total. The molecule has 122 valence electrons. The van der Waals surface area contributed by atoms with Crippen LogP contribution < -0.4 is 0 Å². The number of nitrogens with zero attached hydrogens (tertiary/aromatic N) is 1. The second-order valence-corrected chi connectivity index (χ2v) is 5.51. The summed E-state index contributed by atoms with van der Waals surface area (Å²) >= 11 is 0. The fraction of sp³-hybridized carbons (Fsp3) is 0.158. The second kappa shape index (κ2) is 7.08. The smallest absolute Gasteiger partial charge is 0.417 e. The molecule has 5 heteroatoms. The van der Waals surface area contributed by atoms with E-state index < -0.39 is 12.0 Å². The van der Waals surface area contributed by atoms with E-state index in [1.54, 1.807) is 18.2 Å². The second-order valence-electron chi connectivity index (χ2n) is 5.51. The molecule has 0 bridgehead atoms. The van der Waals surface area contributed by atoms with Gasteiger partial charge in [-0.05, 0) is 35.8 Å². The number of rotatable bonds is 4. The Bertz CT molecular complexity index is 756. The van der Waals surface area contributed by atoms with Crippen molar-refractivity contribution >= 4 is 18.1 Å². The van der Waals surface area contributed by atoms with Crippen molar-refractivity contribution in [3.8, 4) is 0 Å². The molecule has 0 aliphatic carbocycles. The minimum Gasteiger partial charge on any atom is -0.447 e. The summed E-state index contributed by atoms with van der Waals surface area (Å²) in [5.41, 5.74) is 1.71. The van der Waals surface area contributed by atoms with E-state index >= 15 is 0 Å². The van der Waals surface area contributed by atoms with Gasteiger partial charge in [-0.2, -0.15) is 0 Å². The molecular weight excluding hydrogens is 309 g/mol. The van der Waals surface area contributed by atoms with Gasteiger partial charge in [0, 0.05) is 6.08 Å². The molecule has 3 rings (SSSR count). The highest BCUT2D eigenvalue weighted by Crippen LogP contribution is 2.18. The predicted molar refractivity (Wildman–Crippen MR) is 87.6 cm³/mol. The fourth-order valence-corrected chi connectivity index (χ4v) is 2.59. The van der Waals surface area contributed by atoms with Crippen LogP contribution in [0.2, 0.25) is 0 Å². The van der Waals surface area contributed by atoms with E-state index in [0.717, 1.165) is 10.5 Å². The van der Waals surface area contributed by atoms with Crippen LogP contribution in [0.1, 0.15) is 11.1 Å². The average molecular weight is 325 g/mol. The van der Waals surface area contributed by atoms with E-state index in [1.807, 2.05) is 30.3 Å². The van der Waals surface area contributed by atoms with Gasteiger partial charge >= 0.3 is 6.09 Å². The maximum Gasteiger partial charge on any atom is 0.417 e. The predicted octanol–water partition coefficient (Wildman–Crippen LogP) is 3.43. The first-order chi connectivity index (χ1) is 11.6. The number of imide groups is 1. The zero-order valence-corrected chi connectivity index (χ0v) is 12.9. The van der Waals surface area contributed by atoms with Crippen LogP contribution in [0.4, 0.5) is 9.18 Å². The quantitative estimate of drug-likeness (QED) is 0.809. The van der Waals surface area contributed by atoms with Crippen molar-refractivity contribution in [1.29, 1.82) is 0 Å². The zero-order valence-electron chi connectivity index (χ0n) is 12.9. The van der Waals surface area contributed by atoms with E-state index in [2.05, 4.69) is 0 Å². The Hall–Kier alpha value is -2.95. The molecule has 2 amide bonds. The van der Waals surface area contributed by atoms with E-state index in [1.165, 1.54) is 18.2 Å². The van der Waals surface area contributed by atoms with Crippen molar-refractivity contribution in [3.63, 3.8) is 0 Å². The summed E-state index contributed by atoms with van der Waals surface area (Å²) in [7, 11) is 0. The SMILES string of the molecule is O=C(/C=C/c1ccc(F)cc1)N1C(=O)OC[C@H]1Cc1ccccc1. The molecular formula is C19H16FNO3. The number of carbonyl (C=O) groups is 2. The molecule has 0 aromatic heterocycles. The molecule has 0 radical (unpaired) electrons. The molecule has 1 aliphatic rings. The lowest BCUT2D eigenvalue weighted by molar-refractivity contribution is -0.124. The topological polar surface area (TPSA) is 46.6 Å². The summed E-state index contributed by atoms with van der Waals surface area (Å²) in [5.74, 6) is -0.785. The molecule has 2 aromatic rings. The zero-order chi connectivity index (χ0) is 16.9. The van der Waals surface area contributed by atoms with Gasteiger partial charge in [0.15, 0.2) is 0 Å². The lowest BCUT2D eigenvalue weighted by Gasteiger charge is -2.18. The van der Waals surface area contributed by atoms with Crippen molar-refractivity contribution in [2.45, 2.75) is 12.5 Å². The molecule has 1 aliphatic heterocycles. The first-order valence-corrected chi connectivity index (χ1v) is 7.61. The van der Waals surface area contributed by atoms with Crippen LogP contribution in [0, 0.1) is 5.82 Å². The van der Waals surface area contributed by atoms with Gasteiger partial charge in [-0.15, -0.1) is 0 Å². The van der Waals surface area contributed by atoms with Crippen molar-refractivity contribution in [1.82, 2.24) is 4.90 Å². The molecule has 0 unspecified atom stereocenters. The number of ether oxygens (including phenoxy) is 1. The van der Waals surface area contributed by atoms with Gasteiger partial charge in [0.2, 0.25) is 0 Å². The van der Waals surface area contributed by atoms with Crippen LogP contribution in [-0.4, -0.2) is 29.5 Å². The van der Waals surface area contributed by atoms with Gasteiger partial charge in [-0.1, -0.05) is 42.5 Å². The number of hydrogen-bond donors (Lipinski definition) is 0. The first-order valence-electron chi connectivity index (χ1n) is 7.61. The lowest BCUT2D eigenvalue weighted by atomic mass is 10.1. The van der Waals surface area contributed by atoms with Crippen LogP contribution in [0.5, 0.6) is 0 Å². The van der Waals surface area contributed by atoms with E-state index in [4.69, 9.17) is 4.74 Å². The minimum atomic E-state index is -0.635. The number of benzene rings is 2. The van der Waals surface area contributed by atoms with Gasteiger partial charge in [0.25, 0.3) is 5.91 Å². The standard InChI is InChI=1S/C19H16FNO3/c20-16-9-6-14(7-10-16)8-11-18(22)21-17(13-24-19(21)23)12-15-4-2-1-3-5-15/h1-11,17H,12-13H2/b11-8+/t17-/m1/s1. The highest BCUT2D eigenvalue weighted by atomic mass is 19.1. The third-order valence-corrected chi connectivity index (χ3v) is 3.80. The maximum absolute atomic E-state index is 12.9. The average Bonchev–Trinajstić information content (AvgIpc) is 2.95. The molecule has 0 N–H and O–H groups in total. The highest BCUT2D eigenvalue weighted by Gasteiger charge is 2.36. The van der Waals surface area contributed by atoms with Crippen LogP contribution in [0.25, 0.3) is 6.08 Å². The number of halogens is 1. The van der Waals surface area contributed by atoms with Crippen molar-refractivity contribution in [2.24, 2.45) is 0 Å². The van der Waals surface area contributed by atoms with E-state index in [-0.39, 0.29) is 18.5 Å². The monoisotopic (exact) mass is 325 g/mol. The number of carbonyl (C=O) groups excluding carboxylic acids is 2. The minimum absolute atomic E-state index is 0.184. The molecule has 1 atom stereocenters. The van der Waals surface area contributed by atoms with Crippen LogP contribution in [0.3, 0.4) is 0 Å². The Kier molecular flexibility index (Phi) is 4.70. The molecule has 24 heavy (non-hydrogen) atoms. The first kappa shape index (κ1) is 15.9. The van der Waals surface area contributed by atoms with Gasteiger partial charge < -0.3 is 4.74 Å². The Balaban J connectivity index is 1.71. The lowest BCUT2D eigenvalue weighted by Crippen LogP contribution is -2.39. The molecule has 0 saturated carbocycles. The van der Waals surface area contributed by atoms with Crippen LogP contribution in [0.15, 0.2) is 60.7 Å². The van der Waals surface area contributed by atoms with Crippen molar-refractivity contribution < 1.29 is 18.7 Å². The Morgan fingerprint density at radius 2 is 1.88 bits per heavy atom. The third-order valence-electron chi connectivity index (χ3n) is 3.80. The molecule has 2 aromatic carbocycles. The third kappa shape index (κ3) is 3.68. The molecule has 1 fully saturated rings. The van der Waals surface area contributed by atoms with Gasteiger partial charge in [0.1, 0.15) is 12.4 Å². The fourth-order valence-electron chi connectivity index (χ4n) is 2.59. The molecule has 1 saturated heterocycles. The van der Waals surface area contributed by atoms with Gasteiger partial charge in [-0.25, -0.2) is 14.1 Å². The van der Waals surface area contributed by atoms with E-state index in [9.17, 15) is 14.0 Å². The van der Waals surface area contributed by atoms with Crippen molar-refractivity contribution in [3.05, 3.63) is 77.6 Å². The Morgan fingerprint density at radius 3 is 2.58 bits per heavy atom. The highest BCUT2D eigenvalue weighted by molar-refractivity contribution is 6.02. The largest absolute Gasteiger partial charge is 0.447 e. The van der Waals surface area contributed by atoms with Crippen molar-refractivity contribution in [2.75, 3.05) is 6.61 Å². The molecule has 0 spiro atoms. The van der Waals surface area contributed by atoms with Gasteiger partial charge in [0.05, 0.1) is 6.04 Å². The maximum atomic E-state index is 12.9. The summed E-state index contributed by atoms with van der Waals surface area (Å²) < 4.78 is 17.9. The Labute approximate surface area is 139 Å². The number of hydrogen-bond acceptors (Lipinski definition) is 3. The summed E-state index contributed by atoms with van der Waals surface area (Å²) in [6, 6.07) is 15.0. The summed E-state index contributed by atoms with van der Waals surface area (Å²) in [6.45, 7) is 0.184. The number of cyclic esters (lactones) is 1. The number of amides is 2. The van der Waals surface area contributed by atoms with Gasteiger partial charge in [-0.3, -0.25) is 4.79 Å².